The average Bonchev–Trinajstić information content (AvgIpc) is 2.07. The van der Waals surface area contributed by atoms with E-state index in [1.165, 1.54) is 0 Å². The van der Waals surface area contributed by atoms with Crippen molar-refractivity contribution in [1.29, 1.82) is 0 Å². The Hall–Kier alpha value is -1.69. The van der Waals surface area contributed by atoms with Gasteiger partial charge in [0.2, 0.25) is 0 Å². The van der Waals surface area contributed by atoms with Crippen LogP contribution < -0.4 is 0 Å². The van der Waals surface area contributed by atoms with Crippen molar-refractivity contribution < 1.29 is 19.2 Å². The number of halogens is 2. The van der Waals surface area contributed by atoms with Crippen LogP contribution >= 0.6 is 11.6 Å². The van der Waals surface area contributed by atoms with E-state index in [9.17, 15) is 19.3 Å². The van der Waals surface area contributed by atoms with Gasteiger partial charge in [-0.15, -0.1) is 0 Å². The molecule has 0 unspecified atom stereocenters. The Labute approximate surface area is 81.9 Å². The first-order chi connectivity index (χ1) is 6.43. The zero-order valence-electron chi connectivity index (χ0n) is 6.53. The molecule has 0 heterocycles. The average molecular weight is 220 g/mol. The van der Waals surface area contributed by atoms with Gasteiger partial charge in [0.05, 0.1) is 16.6 Å². The molecule has 1 aromatic carbocycles. The van der Waals surface area contributed by atoms with Crippen LogP contribution in [0, 0.1) is 15.9 Å². The van der Waals surface area contributed by atoms with Gasteiger partial charge < -0.3 is 5.11 Å². The zero-order chi connectivity index (χ0) is 10.9. The number of carboxylic acids is 1. The maximum atomic E-state index is 12.7. The van der Waals surface area contributed by atoms with E-state index in [1.54, 1.807) is 0 Å². The molecule has 0 saturated carbocycles. The maximum Gasteiger partial charge on any atom is 0.337 e. The number of nitrogens with zero attached hydrogens (tertiary/aromatic N) is 1. The third kappa shape index (κ3) is 1.80. The number of nitro benzene ring substituents is 1. The molecule has 74 valence electrons. The van der Waals surface area contributed by atoms with E-state index in [0.717, 1.165) is 0 Å². The van der Waals surface area contributed by atoms with E-state index in [-0.39, 0.29) is 0 Å². The molecular formula is C7H3ClFNO4. The molecule has 0 saturated heterocycles. The monoisotopic (exact) mass is 219 g/mol. The van der Waals surface area contributed by atoms with Gasteiger partial charge in [-0.2, -0.15) is 0 Å². The minimum absolute atomic E-state index is 0.564. The van der Waals surface area contributed by atoms with Crippen molar-refractivity contribution in [2.24, 2.45) is 0 Å². The van der Waals surface area contributed by atoms with Crippen LogP contribution in [0.15, 0.2) is 12.1 Å². The summed E-state index contributed by atoms with van der Waals surface area (Å²) in [5.74, 6) is -2.53. The van der Waals surface area contributed by atoms with Gasteiger partial charge in [0.1, 0.15) is 10.8 Å². The van der Waals surface area contributed by atoms with Gasteiger partial charge in [-0.1, -0.05) is 11.6 Å². The lowest BCUT2D eigenvalue weighted by atomic mass is 10.2. The molecule has 0 bridgehead atoms. The number of carboxylic acid groups (broad SMARTS) is 1. The Balaban J connectivity index is 3.47. The molecule has 0 fully saturated rings. The van der Waals surface area contributed by atoms with E-state index >= 15 is 0 Å². The first-order valence-electron chi connectivity index (χ1n) is 3.30. The van der Waals surface area contributed by atoms with Gasteiger partial charge in [-0.25, -0.2) is 9.18 Å². The molecule has 0 aliphatic rings. The quantitative estimate of drug-likeness (QED) is 0.610. The summed E-state index contributed by atoms with van der Waals surface area (Å²) in [7, 11) is 0. The van der Waals surface area contributed by atoms with Crippen LogP contribution in [0.25, 0.3) is 0 Å². The Bertz CT molecular complexity index is 385. The predicted molar refractivity (Wildman–Crippen MR) is 45.0 cm³/mol. The number of rotatable bonds is 2. The van der Waals surface area contributed by atoms with Crippen molar-refractivity contribution in [2.75, 3.05) is 0 Å². The highest BCUT2D eigenvalue weighted by molar-refractivity contribution is 6.35. The summed E-state index contributed by atoms with van der Waals surface area (Å²) in [4.78, 5) is 19.8. The molecule has 0 amide bonds. The molecule has 14 heavy (non-hydrogen) atoms. The molecule has 7 heteroatoms. The molecule has 0 aromatic heterocycles. The molecule has 5 nitrogen and oxygen atoms in total. The Morgan fingerprint density at radius 1 is 1.57 bits per heavy atom. The molecule has 0 aliphatic carbocycles. The van der Waals surface area contributed by atoms with Crippen molar-refractivity contribution in [3.05, 3.63) is 38.7 Å². The van der Waals surface area contributed by atoms with Crippen molar-refractivity contribution in [3.8, 4) is 0 Å². The number of nitro groups is 1. The summed E-state index contributed by atoms with van der Waals surface area (Å²) in [6.07, 6.45) is 0. The van der Waals surface area contributed by atoms with Crippen molar-refractivity contribution >= 4 is 23.3 Å². The number of benzene rings is 1. The first kappa shape index (κ1) is 10.4. The van der Waals surface area contributed by atoms with E-state index in [4.69, 9.17) is 16.7 Å². The second-order valence-corrected chi connectivity index (χ2v) is 2.73. The van der Waals surface area contributed by atoms with Crippen LogP contribution in [-0.4, -0.2) is 16.0 Å². The molecule has 0 atom stereocenters. The standard InChI is InChI=1S/C7H3ClFNO4/c8-6-4(7(11)12)1-3(9)2-5(6)10(13)14/h1-2H,(H,11,12). The highest BCUT2D eigenvalue weighted by atomic mass is 35.5. The molecular weight excluding hydrogens is 217 g/mol. The van der Waals surface area contributed by atoms with E-state index < -0.39 is 33.0 Å². The van der Waals surface area contributed by atoms with Crippen molar-refractivity contribution in [3.63, 3.8) is 0 Å². The molecule has 0 aliphatic heterocycles. The molecule has 0 spiro atoms. The van der Waals surface area contributed by atoms with Crippen LogP contribution in [0.4, 0.5) is 10.1 Å². The molecule has 1 aromatic rings. The van der Waals surface area contributed by atoms with Crippen LogP contribution in [0.3, 0.4) is 0 Å². The third-order valence-electron chi connectivity index (χ3n) is 1.45. The van der Waals surface area contributed by atoms with Gasteiger partial charge >= 0.3 is 5.97 Å². The Kier molecular flexibility index (Phi) is 2.66. The number of hydrogen-bond acceptors (Lipinski definition) is 3. The fourth-order valence-electron chi connectivity index (χ4n) is 0.863. The largest absolute Gasteiger partial charge is 0.478 e. The highest BCUT2D eigenvalue weighted by Crippen LogP contribution is 2.29. The molecule has 0 radical (unpaired) electrons. The second-order valence-electron chi connectivity index (χ2n) is 2.35. The summed E-state index contributed by atoms with van der Waals surface area (Å²) < 4.78 is 12.7. The predicted octanol–water partition coefficient (Wildman–Crippen LogP) is 2.09. The maximum absolute atomic E-state index is 12.7. The van der Waals surface area contributed by atoms with Crippen molar-refractivity contribution in [1.82, 2.24) is 0 Å². The van der Waals surface area contributed by atoms with Crippen LogP contribution in [0.1, 0.15) is 10.4 Å². The number of hydrogen-bond donors (Lipinski definition) is 1. The highest BCUT2D eigenvalue weighted by Gasteiger charge is 2.21. The van der Waals surface area contributed by atoms with Crippen LogP contribution in [0.5, 0.6) is 0 Å². The van der Waals surface area contributed by atoms with Gasteiger partial charge in [0.25, 0.3) is 5.69 Å². The number of carbonyl (C=O) groups is 1. The third-order valence-corrected chi connectivity index (χ3v) is 1.84. The van der Waals surface area contributed by atoms with Crippen LogP contribution in [0.2, 0.25) is 5.02 Å². The Morgan fingerprint density at radius 2 is 2.14 bits per heavy atom. The van der Waals surface area contributed by atoms with E-state index in [2.05, 4.69) is 0 Å². The fraction of sp³-hybridized carbons (Fsp3) is 0. The zero-order valence-corrected chi connectivity index (χ0v) is 7.29. The second kappa shape index (κ2) is 3.59. The smallest absolute Gasteiger partial charge is 0.337 e. The lowest BCUT2D eigenvalue weighted by Gasteiger charge is -1.99. The first-order valence-corrected chi connectivity index (χ1v) is 3.68. The molecule has 1 N–H and O–H groups in total. The van der Waals surface area contributed by atoms with Gasteiger partial charge in [0.15, 0.2) is 0 Å². The minimum Gasteiger partial charge on any atom is -0.478 e. The lowest BCUT2D eigenvalue weighted by Crippen LogP contribution is -2.01. The summed E-state index contributed by atoms with van der Waals surface area (Å²) in [6.45, 7) is 0. The van der Waals surface area contributed by atoms with E-state index in [1.807, 2.05) is 0 Å². The minimum atomic E-state index is -1.52. The summed E-state index contributed by atoms with van der Waals surface area (Å²) in [5.41, 5.74) is -1.39. The summed E-state index contributed by atoms with van der Waals surface area (Å²) in [6, 6.07) is 1.19. The topological polar surface area (TPSA) is 80.4 Å². The fourth-order valence-corrected chi connectivity index (χ4v) is 1.12. The summed E-state index contributed by atoms with van der Waals surface area (Å²) in [5, 5.41) is 18.3. The van der Waals surface area contributed by atoms with Gasteiger partial charge in [0, 0.05) is 0 Å². The van der Waals surface area contributed by atoms with E-state index in [0.29, 0.717) is 12.1 Å². The van der Waals surface area contributed by atoms with Crippen LogP contribution in [-0.2, 0) is 0 Å². The lowest BCUT2D eigenvalue weighted by molar-refractivity contribution is -0.384. The normalized spacial score (nSPS) is 9.86. The summed E-state index contributed by atoms with van der Waals surface area (Å²) >= 11 is 5.38. The SMILES string of the molecule is O=C(O)c1cc(F)cc([N+](=O)[O-])c1Cl. The molecule has 1 rings (SSSR count). The number of aromatic carboxylic acids is 1. The Morgan fingerprint density at radius 3 is 2.57 bits per heavy atom. The van der Waals surface area contributed by atoms with Gasteiger partial charge in [-0.3, -0.25) is 10.1 Å². The van der Waals surface area contributed by atoms with Gasteiger partial charge in [-0.05, 0) is 6.07 Å². The van der Waals surface area contributed by atoms with Crippen molar-refractivity contribution in [2.45, 2.75) is 0 Å².